The van der Waals surface area contributed by atoms with E-state index in [0.29, 0.717) is 28.1 Å². The van der Waals surface area contributed by atoms with Crippen molar-refractivity contribution in [3.05, 3.63) is 90.7 Å². The maximum atomic E-state index is 14.5. The van der Waals surface area contributed by atoms with Crippen molar-refractivity contribution in [2.45, 2.75) is 11.1 Å². The summed E-state index contributed by atoms with van der Waals surface area (Å²) in [5.41, 5.74) is -1.63. The van der Waals surface area contributed by atoms with Crippen LogP contribution in [0.4, 0.5) is 29.1 Å². The average Bonchev–Trinajstić information content (AvgIpc) is 2.63. The van der Waals surface area contributed by atoms with Gasteiger partial charge < -0.3 is 0 Å². The van der Waals surface area contributed by atoms with E-state index >= 15 is 0 Å². The van der Waals surface area contributed by atoms with Gasteiger partial charge in [0, 0.05) is 6.20 Å². The lowest BCUT2D eigenvalue weighted by Crippen LogP contribution is -2.28. The van der Waals surface area contributed by atoms with Crippen molar-refractivity contribution in [2.24, 2.45) is 0 Å². The van der Waals surface area contributed by atoms with E-state index in [1.165, 1.54) is 42.6 Å². The van der Waals surface area contributed by atoms with E-state index in [2.05, 4.69) is 11.9 Å². The van der Waals surface area contributed by atoms with Gasteiger partial charge in [-0.2, -0.15) is 13.2 Å². The second-order valence-corrected chi connectivity index (χ2v) is 7.56. The fourth-order valence-electron chi connectivity index (χ4n) is 2.49. The number of pyridine rings is 1. The first-order chi connectivity index (χ1) is 13.1. The summed E-state index contributed by atoms with van der Waals surface area (Å²) in [7, 11) is -4.47. The summed E-state index contributed by atoms with van der Waals surface area (Å²) in [6, 6.07) is 11.2. The van der Waals surface area contributed by atoms with Crippen LogP contribution in [0.5, 0.6) is 0 Å². The molecule has 0 aliphatic heterocycles. The average molecular weight is 409 g/mol. The highest BCUT2D eigenvalue weighted by Gasteiger charge is 2.35. The highest BCUT2D eigenvalue weighted by atomic mass is 32.2. The number of halogens is 4. The summed E-state index contributed by atoms with van der Waals surface area (Å²) in [4.78, 5) is 3.67. The van der Waals surface area contributed by atoms with Gasteiger partial charge in [0.15, 0.2) is 0 Å². The first kappa shape index (κ1) is 19.8. The SMILES string of the molecule is [CH2]c1ccnc(N(c2cc(C(F)(F)F)ccc2F)S(=O)(=O)c2ccccc2)c1. The van der Waals surface area contributed by atoms with Crippen LogP contribution in [0.1, 0.15) is 11.1 Å². The molecule has 9 heteroatoms. The van der Waals surface area contributed by atoms with Gasteiger partial charge in [0.25, 0.3) is 10.0 Å². The Balaban J connectivity index is 2.30. The summed E-state index contributed by atoms with van der Waals surface area (Å²) in [5, 5.41) is 0. The van der Waals surface area contributed by atoms with Crippen LogP contribution in [0.3, 0.4) is 0 Å². The van der Waals surface area contributed by atoms with E-state index in [9.17, 15) is 26.0 Å². The molecule has 0 aliphatic carbocycles. The van der Waals surface area contributed by atoms with Crippen LogP contribution in [0.15, 0.2) is 71.8 Å². The molecule has 2 aromatic carbocycles. The lowest BCUT2D eigenvalue weighted by atomic mass is 10.2. The van der Waals surface area contributed by atoms with Gasteiger partial charge in [0.1, 0.15) is 11.6 Å². The van der Waals surface area contributed by atoms with Crippen molar-refractivity contribution in [1.29, 1.82) is 0 Å². The number of hydrogen-bond acceptors (Lipinski definition) is 3. The maximum Gasteiger partial charge on any atom is 0.416 e. The summed E-state index contributed by atoms with van der Waals surface area (Å²) in [6.45, 7) is 3.66. The van der Waals surface area contributed by atoms with E-state index in [1.807, 2.05) is 0 Å². The van der Waals surface area contributed by atoms with Crippen molar-refractivity contribution in [1.82, 2.24) is 4.98 Å². The number of benzene rings is 2. The van der Waals surface area contributed by atoms with Gasteiger partial charge in [-0.1, -0.05) is 18.2 Å². The monoisotopic (exact) mass is 409 g/mol. The largest absolute Gasteiger partial charge is 0.416 e. The van der Waals surface area contributed by atoms with Crippen molar-refractivity contribution in [2.75, 3.05) is 4.31 Å². The molecule has 0 fully saturated rings. The third-order valence-electron chi connectivity index (χ3n) is 3.79. The highest BCUT2D eigenvalue weighted by molar-refractivity contribution is 7.93. The fourth-order valence-corrected chi connectivity index (χ4v) is 3.95. The minimum Gasteiger partial charge on any atom is -0.238 e. The van der Waals surface area contributed by atoms with E-state index in [1.54, 1.807) is 6.07 Å². The zero-order valence-corrected chi connectivity index (χ0v) is 15.0. The van der Waals surface area contributed by atoms with E-state index in [4.69, 9.17) is 0 Å². The number of nitrogens with zero attached hydrogens (tertiary/aromatic N) is 2. The van der Waals surface area contributed by atoms with Gasteiger partial charge in [-0.05, 0) is 55.0 Å². The Hall–Kier alpha value is -2.94. The Morgan fingerprint density at radius 1 is 0.964 bits per heavy atom. The zero-order valence-electron chi connectivity index (χ0n) is 14.2. The minimum absolute atomic E-state index is 0.233. The molecule has 1 aromatic heterocycles. The highest BCUT2D eigenvalue weighted by Crippen LogP contribution is 2.37. The second-order valence-electron chi connectivity index (χ2n) is 5.77. The zero-order chi connectivity index (χ0) is 20.5. The maximum absolute atomic E-state index is 14.5. The summed E-state index contributed by atoms with van der Waals surface area (Å²) in [6.07, 6.45) is -3.55. The number of hydrogen-bond donors (Lipinski definition) is 0. The molecule has 0 spiro atoms. The molecule has 28 heavy (non-hydrogen) atoms. The first-order valence-corrected chi connectivity index (χ1v) is 9.30. The van der Waals surface area contributed by atoms with Crippen LogP contribution < -0.4 is 4.31 Å². The van der Waals surface area contributed by atoms with Crippen LogP contribution in [-0.2, 0) is 16.2 Å². The Kier molecular flexibility index (Phi) is 5.12. The fraction of sp³-hybridized carbons (Fsp3) is 0.0526. The molecule has 0 saturated heterocycles. The lowest BCUT2D eigenvalue weighted by Gasteiger charge is -2.25. The number of rotatable bonds is 4. The Bertz CT molecular complexity index is 1100. The topological polar surface area (TPSA) is 50.3 Å². The Morgan fingerprint density at radius 3 is 2.25 bits per heavy atom. The van der Waals surface area contributed by atoms with Crippen molar-refractivity contribution < 1.29 is 26.0 Å². The molecule has 3 aromatic rings. The van der Waals surface area contributed by atoms with Crippen LogP contribution in [0.25, 0.3) is 0 Å². The molecule has 0 N–H and O–H groups in total. The molecule has 1 radical (unpaired) electrons. The van der Waals surface area contributed by atoms with Gasteiger partial charge >= 0.3 is 6.18 Å². The molecule has 1 heterocycles. The third kappa shape index (κ3) is 3.84. The minimum atomic E-state index is -4.79. The van der Waals surface area contributed by atoms with E-state index in [0.717, 1.165) is 0 Å². The van der Waals surface area contributed by atoms with Gasteiger partial charge in [-0.15, -0.1) is 0 Å². The molecule has 0 atom stereocenters. The second kappa shape index (κ2) is 7.23. The summed E-state index contributed by atoms with van der Waals surface area (Å²) in [5.74, 6) is -1.43. The van der Waals surface area contributed by atoms with Crippen LogP contribution >= 0.6 is 0 Å². The predicted octanol–water partition coefficient (Wildman–Crippen LogP) is 4.95. The molecular weight excluding hydrogens is 396 g/mol. The van der Waals surface area contributed by atoms with Crippen LogP contribution in [-0.4, -0.2) is 13.4 Å². The smallest absolute Gasteiger partial charge is 0.238 e. The lowest BCUT2D eigenvalue weighted by molar-refractivity contribution is -0.137. The Morgan fingerprint density at radius 2 is 1.64 bits per heavy atom. The van der Waals surface area contributed by atoms with Crippen molar-refractivity contribution >= 4 is 21.5 Å². The number of alkyl halides is 3. The van der Waals surface area contributed by atoms with E-state index in [-0.39, 0.29) is 10.7 Å². The molecule has 0 bridgehead atoms. The number of sulfonamides is 1. The predicted molar refractivity (Wildman–Crippen MR) is 95.9 cm³/mol. The van der Waals surface area contributed by atoms with Gasteiger partial charge in [0.05, 0.1) is 16.1 Å². The first-order valence-electron chi connectivity index (χ1n) is 7.86. The van der Waals surface area contributed by atoms with Crippen LogP contribution in [0, 0.1) is 12.7 Å². The molecule has 4 nitrogen and oxygen atoms in total. The number of anilines is 2. The summed E-state index contributed by atoms with van der Waals surface area (Å²) >= 11 is 0. The third-order valence-corrected chi connectivity index (χ3v) is 5.52. The normalized spacial score (nSPS) is 12.0. The molecule has 0 aliphatic rings. The molecule has 0 amide bonds. The standard InChI is InChI=1S/C19H13F4N2O2S/c1-13-9-10-24-18(11-13)25(28(26,27)15-5-3-2-4-6-15)17-12-14(19(21,22)23)7-8-16(17)20/h2-12H,1H2. The summed E-state index contributed by atoms with van der Waals surface area (Å²) < 4.78 is 80.7. The molecule has 3 rings (SSSR count). The van der Waals surface area contributed by atoms with Gasteiger partial charge in [0.2, 0.25) is 0 Å². The quantitative estimate of drug-likeness (QED) is 0.573. The van der Waals surface area contributed by atoms with Crippen LogP contribution in [0.2, 0.25) is 0 Å². The molecule has 0 unspecified atom stereocenters. The Labute approximate surface area is 159 Å². The van der Waals surface area contributed by atoms with E-state index < -0.39 is 33.3 Å². The molecule has 0 saturated carbocycles. The molecular formula is C19H13F4N2O2S. The van der Waals surface area contributed by atoms with Gasteiger partial charge in [-0.25, -0.2) is 22.1 Å². The van der Waals surface area contributed by atoms with Gasteiger partial charge in [-0.3, -0.25) is 0 Å². The molecule has 145 valence electrons. The van der Waals surface area contributed by atoms with Crippen molar-refractivity contribution in [3.63, 3.8) is 0 Å². The number of aromatic nitrogens is 1. The van der Waals surface area contributed by atoms with Crippen molar-refractivity contribution in [3.8, 4) is 0 Å².